The molecule has 41 heavy (non-hydrogen) atoms. The highest BCUT2D eigenvalue weighted by Crippen LogP contribution is 2.26. The summed E-state index contributed by atoms with van der Waals surface area (Å²) in [6.45, 7) is 9.51. The average Bonchev–Trinajstić information content (AvgIpc) is 2.97. The van der Waals surface area contributed by atoms with E-state index in [-0.39, 0.29) is 24.1 Å². The Kier molecular flexibility index (Phi) is 10.1. The molecule has 0 bridgehead atoms. The van der Waals surface area contributed by atoms with E-state index in [0.717, 1.165) is 37.6 Å². The van der Waals surface area contributed by atoms with Gasteiger partial charge in [0.25, 0.3) is 0 Å². The molecule has 2 aromatic carbocycles. The van der Waals surface area contributed by atoms with Crippen molar-refractivity contribution < 1.29 is 28.5 Å². The van der Waals surface area contributed by atoms with Crippen molar-refractivity contribution in [2.75, 3.05) is 63.8 Å². The topological polar surface area (TPSA) is 113 Å². The van der Waals surface area contributed by atoms with Gasteiger partial charge in [0.1, 0.15) is 23.9 Å². The van der Waals surface area contributed by atoms with Crippen molar-refractivity contribution in [3.8, 4) is 17.2 Å². The van der Waals surface area contributed by atoms with Crippen LogP contribution in [0.1, 0.15) is 19.4 Å². The molecule has 2 heterocycles. The van der Waals surface area contributed by atoms with Crippen LogP contribution in [-0.2, 0) is 6.54 Å². The minimum Gasteiger partial charge on any atom is -0.497 e. The van der Waals surface area contributed by atoms with E-state index in [1.165, 1.54) is 32.5 Å². The minimum absolute atomic E-state index is 0.00653. The number of aromatic nitrogens is 2. The number of carboxylic acid groups (broad SMARTS) is 1. The zero-order chi connectivity index (χ0) is 29.4. The number of nitrogens with zero attached hydrogens (tertiary/aromatic N) is 5. The normalized spacial score (nSPS) is 14.1. The predicted molar refractivity (Wildman–Crippen MR) is 154 cm³/mol. The number of methoxy groups -OCH3 is 2. The molecule has 0 atom stereocenters. The van der Waals surface area contributed by atoms with Gasteiger partial charge in [-0.1, -0.05) is 0 Å². The van der Waals surface area contributed by atoms with Crippen LogP contribution in [0.15, 0.2) is 48.7 Å². The number of amides is 1. The Bertz CT molecular complexity index is 1300. The molecule has 1 aliphatic heterocycles. The van der Waals surface area contributed by atoms with Crippen LogP contribution in [0.25, 0.3) is 0 Å². The quantitative estimate of drug-likeness (QED) is 0.325. The van der Waals surface area contributed by atoms with Gasteiger partial charge in [0, 0.05) is 62.8 Å². The minimum atomic E-state index is -1.20. The number of rotatable bonds is 12. The van der Waals surface area contributed by atoms with E-state index in [9.17, 15) is 14.3 Å². The summed E-state index contributed by atoms with van der Waals surface area (Å²) in [5.41, 5.74) is 1.04. The van der Waals surface area contributed by atoms with Crippen LogP contribution in [0.4, 0.5) is 26.6 Å². The number of hydrogen-bond donors (Lipinski definition) is 2. The Balaban J connectivity index is 1.37. The lowest BCUT2D eigenvalue weighted by Gasteiger charge is -2.36. The van der Waals surface area contributed by atoms with Gasteiger partial charge in [-0.25, -0.2) is 14.2 Å². The summed E-state index contributed by atoms with van der Waals surface area (Å²) >= 11 is 0. The van der Waals surface area contributed by atoms with Gasteiger partial charge in [-0.3, -0.25) is 14.7 Å². The molecule has 11 nitrogen and oxygen atoms in total. The van der Waals surface area contributed by atoms with Crippen LogP contribution >= 0.6 is 0 Å². The maximum atomic E-state index is 14.8. The summed E-state index contributed by atoms with van der Waals surface area (Å²) in [7, 11) is 3.04. The fraction of sp³-hybridized carbons (Fsp3) is 0.414. The van der Waals surface area contributed by atoms with E-state index >= 15 is 0 Å². The molecular weight excluding hydrogens is 531 g/mol. The lowest BCUT2D eigenvalue weighted by Crippen LogP contribution is -2.49. The van der Waals surface area contributed by atoms with Crippen molar-refractivity contribution in [2.24, 2.45) is 0 Å². The van der Waals surface area contributed by atoms with Gasteiger partial charge in [0.15, 0.2) is 11.6 Å². The van der Waals surface area contributed by atoms with Crippen LogP contribution in [0.5, 0.6) is 17.2 Å². The highest BCUT2D eigenvalue weighted by atomic mass is 19.1. The third-order valence-corrected chi connectivity index (χ3v) is 6.89. The van der Waals surface area contributed by atoms with Gasteiger partial charge in [0.05, 0.1) is 20.8 Å². The van der Waals surface area contributed by atoms with Crippen LogP contribution < -0.4 is 24.4 Å². The molecule has 0 unspecified atom stereocenters. The number of piperazine rings is 1. The summed E-state index contributed by atoms with van der Waals surface area (Å²) in [6, 6.07) is 11.7. The Labute approximate surface area is 239 Å². The van der Waals surface area contributed by atoms with Gasteiger partial charge in [0.2, 0.25) is 5.95 Å². The van der Waals surface area contributed by atoms with Crippen molar-refractivity contribution >= 4 is 23.5 Å². The second-order valence-electron chi connectivity index (χ2n) is 9.92. The van der Waals surface area contributed by atoms with Gasteiger partial charge in [-0.2, -0.15) is 4.98 Å². The fourth-order valence-electron chi connectivity index (χ4n) is 4.56. The third-order valence-electron chi connectivity index (χ3n) is 6.89. The maximum absolute atomic E-state index is 14.8. The number of nitrogens with one attached hydrogen (secondary N) is 1. The molecule has 12 heteroatoms. The Morgan fingerprint density at radius 3 is 2.39 bits per heavy atom. The Hall–Kier alpha value is -4.16. The molecule has 0 saturated carbocycles. The largest absolute Gasteiger partial charge is 0.497 e. The molecule has 0 spiro atoms. The van der Waals surface area contributed by atoms with Crippen molar-refractivity contribution in [3.63, 3.8) is 0 Å². The molecule has 1 aliphatic rings. The summed E-state index contributed by atoms with van der Waals surface area (Å²) in [4.78, 5) is 26.4. The number of carbonyl (C=O) groups is 1. The molecule has 0 aliphatic carbocycles. The summed E-state index contributed by atoms with van der Waals surface area (Å²) in [5, 5.41) is 12.8. The van der Waals surface area contributed by atoms with Crippen LogP contribution in [0.3, 0.4) is 0 Å². The van der Waals surface area contributed by atoms with E-state index < -0.39 is 11.9 Å². The molecule has 220 valence electrons. The molecule has 0 radical (unpaired) electrons. The lowest BCUT2D eigenvalue weighted by atomic mass is 10.2. The van der Waals surface area contributed by atoms with Gasteiger partial charge in [-0.15, -0.1) is 0 Å². The average molecular weight is 569 g/mol. The maximum Gasteiger partial charge on any atom is 0.413 e. The second-order valence-corrected chi connectivity index (χ2v) is 9.92. The first-order chi connectivity index (χ1) is 19.7. The lowest BCUT2D eigenvalue weighted by molar-refractivity contribution is 0.0965. The molecule has 1 aromatic heterocycles. The number of benzene rings is 2. The first-order valence-corrected chi connectivity index (χ1v) is 13.5. The van der Waals surface area contributed by atoms with Crippen molar-refractivity contribution in [3.05, 3.63) is 60.0 Å². The van der Waals surface area contributed by atoms with E-state index in [4.69, 9.17) is 14.2 Å². The highest BCUT2D eigenvalue weighted by molar-refractivity contribution is 5.84. The molecule has 1 amide bonds. The molecule has 3 aromatic rings. The molecule has 4 rings (SSSR count). The first-order valence-electron chi connectivity index (χ1n) is 13.5. The molecular formula is C29H37FN6O5. The SMILES string of the molecule is COc1cc(CN(C(=O)O)c2ccnc(Nc3ccc(OCCN4CCN(C(C)C)CC4)c(F)c3)n2)cc(OC)c1. The monoisotopic (exact) mass is 568 g/mol. The van der Waals surface area contributed by atoms with E-state index in [0.29, 0.717) is 35.4 Å². The molecule has 2 N–H and O–H groups in total. The van der Waals surface area contributed by atoms with Gasteiger partial charge in [-0.05, 0) is 49.7 Å². The van der Waals surface area contributed by atoms with Crippen LogP contribution in [-0.4, -0.2) is 90.6 Å². The van der Waals surface area contributed by atoms with E-state index in [1.807, 2.05) is 0 Å². The van der Waals surface area contributed by atoms with E-state index in [2.05, 4.69) is 38.9 Å². The van der Waals surface area contributed by atoms with Crippen molar-refractivity contribution in [1.82, 2.24) is 19.8 Å². The predicted octanol–water partition coefficient (Wildman–Crippen LogP) is 4.47. The molecule has 1 fully saturated rings. The second kappa shape index (κ2) is 14.0. The zero-order valence-corrected chi connectivity index (χ0v) is 23.8. The first kappa shape index (κ1) is 29.8. The smallest absolute Gasteiger partial charge is 0.413 e. The van der Waals surface area contributed by atoms with Crippen molar-refractivity contribution in [1.29, 1.82) is 0 Å². The third kappa shape index (κ3) is 8.18. The highest BCUT2D eigenvalue weighted by Gasteiger charge is 2.20. The van der Waals surface area contributed by atoms with Crippen LogP contribution in [0, 0.1) is 5.82 Å². The Morgan fingerprint density at radius 1 is 1.07 bits per heavy atom. The summed E-state index contributed by atoms with van der Waals surface area (Å²) in [5.74, 6) is 0.978. The van der Waals surface area contributed by atoms with Crippen molar-refractivity contribution in [2.45, 2.75) is 26.4 Å². The number of hydrogen-bond acceptors (Lipinski definition) is 9. The van der Waals surface area contributed by atoms with Gasteiger partial charge >= 0.3 is 6.09 Å². The Morgan fingerprint density at radius 2 is 1.78 bits per heavy atom. The van der Waals surface area contributed by atoms with E-state index in [1.54, 1.807) is 30.3 Å². The molecule has 1 saturated heterocycles. The number of ether oxygens (including phenoxy) is 3. The summed E-state index contributed by atoms with van der Waals surface area (Å²) in [6.07, 6.45) is 0.229. The number of anilines is 3. The van der Waals surface area contributed by atoms with Crippen LogP contribution in [0.2, 0.25) is 0 Å². The van der Waals surface area contributed by atoms with Gasteiger partial charge < -0.3 is 24.6 Å². The summed E-state index contributed by atoms with van der Waals surface area (Å²) < 4.78 is 31.1. The zero-order valence-electron chi connectivity index (χ0n) is 23.8. The standard InChI is InChI=1S/C29H37FN6O5/c1-20(2)35-11-9-34(10-12-35)13-14-41-26-6-5-22(17-25(26)30)32-28-31-8-7-27(33-28)36(29(37)38)19-21-15-23(39-3)18-24(16-21)40-4/h5-8,15-18,20H,9-14,19H2,1-4H3,(H,37,38)(H,31,32,33). The fourth-order valence-corrected chi connectivity index (χ4v) is 4.56. The number of halogens is 1.